The molecule has 0 fully saturated rings. The summed E-state index contributed by atoms with van der Waals surface area (Å²) in [5.74, 6) is 2.43. The van der Waals surface area contributed by atoms with Crippen LogP contribution in [0.25, 0.3) is 0 Å². The maximum atomic E-state index is 9.04. The van der Waals surface area contributed by atoms with Crippen molar-refractivity contribution in [1.29, 1.82) is 0 Å². The average Bonchev–Trinajstić information content (AvgIpc) is 1.85. The lowest BCUT2D eigenvalue weighted by Crippen LogP contribution is -2.03. The summed E-state index contributed by atoms with van der Waals surface area (Å²) in [6, 6.07) is 0. The average molecular weight is 126 g/mol. The number of aliphatic hydroxyl groups excluding tert-OH is 1. The van der Waals surface area contributed by atoms with Gasteiger partial charge >= 0.3 is 0 Å². The van der Waals surface area contributed by atoms with E-state index in [9.17, 15) is 0 Å². The van der Waals surface area contributed by atoms with Crippen molar-refractivity contribution >= 4 is 0 Å². The lowest BCUT2D eigenvalue weighted by atomic mass is 10.1. The molecule has 0 heterocycles. The zero-order valence-electron chi connectivity index (χ0n) is 5.93. The second-order valence-corrected chi connectivity index (χ2v) is 2.20. The van der Waals surface area contributed by atoms with Gasteiger partial charge < -0.3 is 5.11 Å². The van der Waals surface area contributed by atoms with Crippen molar-refractivity contribution in [1.82, 2.24) is 0 Å². The minimum absolute atomic E-state index is 0.269. The van der Waals surface area contributed by atoms with E-state index in [0.29, 0.717) is 6.42 Å². The van der Waals surface area contributed by atoms with E-state index in [1.165, 1.54) is 0 Å². The second kappa shape index (κ2) is 5.65. The number of hydrogen-bond donors (Lipinski definition) is 1. The molecule has 0 aromatic rings. The number of terminal acetylenes is 1. The number of hydrogen-bond acceptors (Lipinski definition) is 1. The first-order valence-electron chi connectivity index (χ1n) is 3.42. The molecule has 0 radical (unpaired) electrons. The van der Waals surface area contributed by atoms with Crippen molar-refractivity contribution < 1.29 is 5.11 Å². The van der Waals surface area contributed by atoms with Crippen LogP contribution in [0, 0.1) is 12.3 Å². The van der Waals surface area contributed by atoms with Gasteiger partial charge in [0.25, 0.3) is 0 Å². The predicted molar refractivity (Wildman–Crippen MR) is 39.0 cm³/mol. The normalized spacial score (nSPS) is 12.6. The van der Waals surface area contributed by atoms with Gasteiger partial charge in [0.1, 0.15) is 0 Å². The molecule has 0 aromatic carbocycles. The van der Waals surface area contributed by atoms with Crippen LogP contribution in [0.5, 0.6) is 0 Å². The van der Waals surface area contributed by atoms with Crippen molar-refractivity contribution in [2.45, 2.75) is 38.7 Å². The van der Waals surface area contributed by atoms with Gasteiger partial charge in [0.2, 0.25) is 0 Å². The van der Waals surface area contributed by atoms with E-state index in [0.717, 1.165) is 19.3 Å². The lowest BCUT2D eigenvalue weighted by molar-refractivity contribution is 0.167. The summed E-state index contributed by atoms with van der Waals surface area (Å²) in [6.45, 7) is 2.10. The Hall–Kier alpha value is -0.480. The van der Waals surface area contributed by atoms with E-state index in [-0.39, 0.29) is 6.10 Å². The molecule has 1 N–H and O–H groups in total. The number of unbranched alkanes of at least 4 members (excludes halogenated alkanes) is 1. The molecule has 0 amide bonds. The summed E-state index contributed by atoms with van der Waals surface area (Å²) in [6.07, 6.45) is 8.27. The highest BCUT2D eigenvalue weighted by atomic mass is 16.3. The maximum Gasteiger partial charge on any atom is 0.0649 e. The summed E-state index contributed by atoms with van der Waals surface area (Å²) in [5, 5.41) is 9.04. The largest absolute Gasteiger partial charge is 0.392 e. The Balaban J connectivity index is 3.08. The quantitative estimate of drug-likeness (QED) is 0.567. The van der Waals surface area contributed by atoms with Crippen LogP contribution >= 0.6 is 0 Å². The van der Waals surface area contributed by atoms with Gasteiger partial charge in [0.05, 0.1) is 6.10 Å². The topological polar surface area (TPSA) is 20.2 Å². The van der Waals surface area contributed by atoms with Gasteiger partial charge in [0, 0.05) is 6.42 Å². The van der Waals surface area contributed by atoms with Gasteiger partial charge in [-0.15, -0.1) is 12.3 Å². The minimum Gasteiger partial charge on any atom is -0.392 e. The summed E-state index contributed by atoms with van der Waals surface area (Å²) in [4.78, 5) is 0. The molecule has 0 bridgehead atoms. The molecule has 52 valence electrons. The smallest absolute Gasteiger partial charge is 0.0649 e. The molecule has 1 atom stereocenters. The van der Waals surface area contributed by atoms with E-state index in [2.05, 4.69) is 12.8 Å². The van der Waals surface area contributed by atoms with Crippen LogP contribution in [0.15, 0.2) is 0 Å². The van der Waals surface area contributed by atoms with Gasteiger partial charge in [0.15, 0.2) is 0 Å². The van der Waals surface area contributed by atoms with Crippen LogP contribution in [-0.2, 0) is 0 Å². The van der Waals surface area contributed by atoms with Crippen molar-refractivity contribution in [2.24, 2.45) is 0 Å². The fraction of sp³-hybridized carbons (Fsp3) is 0.750. The van der Waals surface area contributed by atoms with Crippen LogP contribution in [0.2, 0.25) is 0 Å². The SMILES string of the molecule is C#CCC(O)CCCC. The summed E-state index contributed by atoms with van der Waals surface area (Å²) < 4.78 is 0. The van der Waals surface area contributed by atoms with E-state index >= 15 is 0 Å². The summed E-state index contributed by atoms with van der Waals surface area (Å²) >= 11 is 0. The Morgan fingerprint density at radius 3 is 2.78 bits per heavy atom. The first-order chi connectivity index (χ1) is 4.31. The van der Waals surface area contributed by atoms with Crippen molar-refractivity contribution in [3.63, 3.8) is 0 Å². The highest BCUT2D eigenvalue weighted by molar-refractivity contribution is 4.86. The number of aliphatic hydroxyl groups is 1. The third kappa shape index (κ3) is 5.39. The van der Waals surface area contributed by atoms with Crippen LogP contribution in [-0.4, -0.2) is 11.2 Å². The maximum absolute atomic E-state index is 9.04. The molecule has 0 aliphatic heterocycles. The van der Waals surface area contributed by atoms with Crippen molar-refractivity contribution in [2.75, 3.05) is 0 Å². The Labute approximate surface area is 57.1 Å². The van der Waals surface area contributed by atoms with Gasteiger partial charge in [-0.05, 0) is 6.42 Å². The standard InChI is InChI=1S/C8H14O/c1-3-5-7-8(9)6-4-2/h2,8-9H,3,5-7H2,1H3. The first-order valence-corrected chi connectivity index (χ1v) is 3.42. The van der Waals surface area contributed by atoms with Gasteiger partial charge in [-0.3, -0.25) is 0 Å². The number of rotatable bonds is 4. The highest BCUT2D eigenvalue weighted by Crippen LogP contribution is 2.02. The summed E-state index contributed by atoms with van der Waals surface area (Å²) in [7, 11) is 0. The molecule has 0 saturated carbocycles. The van der Waals surface area contributed by atoms with Crippen molar-refractivity contribution in [3.8, 4) is 12.3 Å². The van der Waals surface area contributed by atoms with E-state index in [1.54, 1.807) is 0 Å². The molecule has 0 spiro atoms. The zero-order valence-corrected chi connectivity index (χ0v) is 5.93. The molecule has 1 unspecified atom stereocenters. The molecule has 0 aromatic heterocycles. The van der Waals surface area contributed by atoms with Crippen LogP contribution < -0.4 is 0 Å². The predicted octanol–water partition coefficient (Wildman–Crippen LogP) is 1.56. The third-order valence-corrected chi connectivity index (χ3v) is 1.24. The summed E-state index contributed by atoms with van der Waals surface area (Å²) in [5.41, 5.74) is 0. The zero-order chi connectivity index (χ0) is 7.11. The van der Waals surface area contributed by atoms with E-state index < -0.39 is 0 Å². The molecule has 0 saturated heterocycles. The van der Waals surface area contributed by atoms with E-state index in [4.69, 9.17) is 11.5 Å². The monoisotopic (exact) mass is 126 g/mol. The Kier molecular flexibility index (Phi) is 5.35. The minimum atomic E-state index is -0.269. The fourth-order valence-electron chi connectivity index (χ4n) is 0.678. The van der Waals surface area contributed by atoms with Crippen LogP contribution in [0.1, 0.15) is 32.6 Å². The van der Waals surface area contributed by atoms with Gasteiger partial charge in [-0.25, -0.2) is 0 Å². The molecule has 9 heavy (non-hydrogen) atoms. The Morgan fingerprint density at radius 1 is 1.67 bits per heavy atom. The second-order valence-electron chi connectivity index (χ2n) is 2.20. The van der Waals surface area contributed by atoms with Gasteiger partial charge in [-0.2, -0.15) is 0 Å². The first kappa shape index (κ1) is 8.52. The Morgan fingerprint density at radius 2 is 2.33 bits per heavy atom. The lowest BCUT2D eigenvalue weighted by Gasteiger charge is -2.03. The third-order valence-electron chi connectivity index (χ3n) is 1.24. The van der Waals surface area contributed by atoms with E-state index in [1.807, 2.05) is 0 Å². The molecule has 1 nitrogen and oxygen atoms in total. The van der Waals surface area contributed by atoms with Crippen molar-refractivity contribution in [3.05, 3.63) is 0 Å². The molecule has 0 aliphatic rings. The van der Waals surface area contributed by atoms with Crippen LogP contribution in [0.4, 0.5) is 0 Å². The molecule has 0 aliphatic carbocycles. The molecular formula is C8H14O. The molecular weight excluding hydrogens is 112 g/mol. The Bertz CT molecular complexity index is 91.2. The highest BCUT2D eigenvalue weighted by Gasteiger charge is 1.98. The van der Waals surface area contributed by atoms with Gasteiger partial charge in [-0.1, -0.05) is 19.8 Å². The van der Waals surface area contributed by atoms with Crippen LogP contribution in [0.3, 0.4) is 0 Å². The molecule has 0 rings (SSSR count). The fourth-order valence-corrected chi connectivity index (χ4v) is 0.678. The molecule has 1 heteroatoms.